The van der Waals surface area contributed by atoms with Gasteiger partial charge in [-0.05, 0) is 61.3 Å². The van der Waals surface area contributed by atoms with Crippen molar-refractivity contribution < 1.29 is 5.11 Å². The highest BCUT2D eigenvalue weighted by molar-refractivity contribution is 5.91. The summed E-state index contributed by atoms with van der Waals surface area (Å²) in [5.41, 5.74) is 4.64. The number of nitrogens with zero attached hydrogens (tertiary/aromatic N) is 5. The molecule has 3 aromatic heterocycles. The number of aryl methyl sites for hydroxylation is 1. The van der Waals surface area contributed by atoms with Crippen LogP contribution < -0.4 is 10.9 Å². The first-order chi connectivity index (χ1) is 18.8. The van der Waals surface area contributed by atoms with Crippen LogP contribution >= 0.6 is 0 Å². The lowest BCUT2D eigenvalue weighted by atomic mass is 10.00. The summed E-state index contributed by atoms with van der Waals surface area (Å²) in [6, 6.07) is 16.0. The third-order valence-corrected chi connectivity index (χ3v) is 6.72. The monoisotopic (exact) mass is 520 g/mol. The number of aliphatic hydroxyl groups excluding tert-OH is 1. The molecular weight excluding hydrogens is 488 g/mol. The van der Waals surface area contributed by atoms with Crippen LogP contribution in [0.4, 0.5) is 5.82 Å². The molecule has 2 N–H and O–H groups in total. The smallest absolute Gasteiger partial charge is 0.263 e. The van der Waals surface area contributed by atoms with E-state index in [1.54, 1.807) is 11.6 Å². The van der Waals surface area contributed by atoms with Gasteiger partial charge in [0.1, 0.15) is 23.9 Å². The van der Waals surface area contributed by atoms with Crippen molar-refractivity contribution in [2.75, 3.05) is 11.9 Å². The average Bonchev–Trinajstić information content (AvgIpc) is 3.26. The first-order valence-corrected chi connectivity index (χ1v) is 13.2. The van der Waals surface area contributed by atoms with Crippen LogP contribution in [0.15, 0.2) is 59.7 Å². The molecule has 0 spiro atoms. The van der Waals surface area contributed by atoms with Crippen molar-refractivity contribution in [3.05, 3.63) is 87.7 Å². The van der Waals surface area contributed by atoms with Gasteiger partial charge in [-0.1, -0.05) is 56.2 Å². The van der Waals surface area contributed by atoms with Gasteiger partial charge in [-0.15, -0.1) is 0 Å². The normalized spacial score (nSPS) is 12.1. The van der Waals surface area contributed by atoms with Gasteiger partial charge >= 0.3 is 0 Å². The highest BCUT2D eigenvalue weighted by Gasteiger charge is 2.20. The Morgan fingerprint density at radius 2 is 1.85 bits per heavy atom. The van der Waals surface area contributed by atoms with Crippen LogP contribution in [-0.4, -0.2) is 42.1 Å². The summed E-state index contributed by atoms with van der Waals surface area (Å²) in [5.74, 6) is 6.62. The molecule has 3 heterocycles. The largest absolute Gasteiger partial charge is 0.381 e. The van der Waals surface area contributed by atoms with Gasteiger partial charge in [0, 0.05) is 12.2 Å². The quantitative estimate of drug-likeness (QED) is 0.313. The van der Waals surface area contributed by atoms with E-state index in [0.29, 0.717) is 34.5 Å². The van der Waals surface area contributed by atoms with Gasteiger partial charge in [0.25, 0.3) is 5.56 Å². The maximum atomic E-state index is 14.2. The second kappa shape index (κ2) is 10.7. The van der Waals surface area contributed by atoms with Gasteiger partial charge in [-0.25, -0.2) is 14.6 Å². The molecule has 8 nitrogen and oxygen atoms in total. The number of fused-ring (bicyclic) bond motifs is 2. The Morgan fingerprint density at radius 1 is 1.05 bits per heavy atom. The maximum Gasteiger partial charge on any atom is 0.263 e. The van der Waals surface area contributed by atoms with Crippen LogP contribution in [0.5, 0.6) is 0 Å². The van der Waals surface area contributed by atoms with Crippen LogP contribution in [0.3, 0.4) is 0 Å². The molecule has 39 heavy (non-hydrogen) atoms. The van der Waals surface area contributed by atoms with E-state index in [-0.39, 0.29) is 18.0 Å². The number of anilines is 1. The van der Waals surface area contributed by atoms with Crippen LogP contribution in [0.25, 0.3) is 27.5 Å². The molecule has 0 aliphatic rings. The first kappa shape index (κ1) is 26.1. The lowest BCUT2D eigenvalue weighted by Gasteiger charge is -2.20. The zero-order chi connectivity index (χ0) is 27.7. The highest BCUT2D eigenvalue weighted by Crippen LogP contribution is 2.28. The zero-order valence-corrected chi connectivity index (χ0v) is 22.9. The van der Waals surface area contributed by atoms with Crippen molar-refractivity contribution in [3.8, 4) is 17.5 Å². The SMILES string of the molecule is CCNc1ncnc2c1c(C#CC(C)O)nn2Cc1cc2cccc(C)c2c(=O)n1-c1ccccc1C(C)C. The molecule has 2 aromatic carbocycles. The van der Waals surface area contributed by atoms with Crippen molar-refractivity contribution in [1.29, 1.82) is 0 Å². The average molecular weight is 521 g/mol. The fraction of sp³-hybridized carbons (Fsp3) is 0.290. The summed E-state index contributed by atoms with van der Waals surface area (Å²) in [6.07, 6.45) is 0.689. The minimum Gasteiger partial charge on any atom is -0.381 e. The molecule has 0 aliphatic heterocycles. The lowest BCUT2D eigenvalue weighted by Crippen LogP contribution is -2.25. The van der Waals surface area contributed by atoms with Gasteiger partial charge in [0.15, 0.2) is 5.65 Å². The molecule has 198 valence electrons. The summed E-state index contributed by atoms with van der Waals surface area (Å²) in [6.45, 7) is 10.8. The fourth-order valence-electron chi connectivity index (χ4n) is 4.98. The Labute approximate surface area is 227 Å². The number of para-hydroxylation sites is 1. The Bertz CT molecular complexity index is 1800. The third kappa shape index (κ3) is 4.89. The van der Waals surface area contributed by atoms with Crippen molar-refractivity contribution in [2.45, 2.75) is 53.2 Å². The van der Waals surface area contributed by atoms with Crippen LogP contribution in [-0.2, 0) is 6.54 Å². The van der Waals surface area contributed by atoms with E-state index in [0.717, 1.165) is 27.9 Å². The van der Waals surface area contributed by atoms with E-state index in [4.69, 9.17) is 5.10 Å². The topological polar surface area (TPSA) is 97.9 Å². The number of rotatable bonds is 6. The molecule has 5 aromatic rings. The molecule has 1 unspecified atom stereocenters. The molecule has 1 atom stereocenters. The lowest BCUT2D eigenvalue weighted by molar-refractivity contribution is 0.253. The van der Waals surface area contributed by atoms with Gasteiger partial charge in [0.2, 0.25) is 0 Å². The molecule has 0 fully saturated rings. The number of nitrogens with one attached hydrogen (secondary N) is 1. The number of hydrogen-bond acceptors (Lipinski definition) is 6. The predicted molar refractivity (Wildman–Crippen MR) is 156 cm³/mol. The summed E-state index contributed by atoms with van der Waals surface area (Å²) < 4.78 is 3.57. The van der Waals surface area contributed by atoms with Crippen molar-refractivity contribution in [2.24, 2.45) is 0 Å². The summed E-state index contributed by atoms with van der Waals surface area (Å²) in [5, 5.41) is 20.1. The summed E-state index contributed by atoms with van der Waals surface area (Å²) in [4.78, 5) is 23.1. The van der Waals surface area contributed by atoms with Gasteiger partial charge < -0.3 is 10.4 Å². The van der Waals surface area contributed by atoms with E-state index in [2.05, 4.69) is 53.1 Å². The van der Waals surface area contributed by atoms with Crippen LogP contribution in [0, 0.1) is 18.8 Å². The molecule has 0 bridgehead atoms. The van der Waals surface area contributed by atoms with Crippen molar-refractivity contribution >= 4 is 27.6 Å². The Balaban J connectivity index is 1.80. The summed E-state index contributed by atoms with van der Waals surface area (Å²) in [7, 11) is 0. The Hall–Kier alpha value is -4.48. The Morgan fingerprint density at radius 3 is 2.59 bits per heavy atom. The fourth-order valence-corrected chi connectivity index (χ4v) is 4.98. The van der Waals surface area contributed by atoms with E-state index < -0.39 is 6.10 Å². The standard InChI is InChI=1S/C31H32N6O2/c1-6-32-29-28-25(15-14-21(5)38)35-36(30(28)34-18-33-29)17-23-16-22-11-9-10-20(4)27(22)31(39)37(23)26-13-8-7-12-24(26)19(2)3/h7-13,16,18-19,21,38H,6,17H2,1-5H3,(H,32,33,34). The minimum absolute atomic E-state index is 0.0674. The van der Waals surface area contributed by atoms with E-state index in [1.165, 1.54) is 6.33 Å². The van der Waals surface area contributed by atoms with Crippen LogP contribution in [0.1, 0.15) is 56.1 Å². The van der Waals surface area contributed by atoms with Crippen LogP contribution in [0.2, 0.25) is 0 Å². The molecule has 0 saturated carbocycles. The van der Waals surface area contributed by atoms with E-state index >= 15 is 0 Å². The second-order valence-corrected chi connectivity index (χ2v) is 9.93. The number of aromatic nitrogens is 5. The number of hydrogen-bond donors (Lipinski definition) is 2. The van der Waals surface area contributed by atoms with Crippen molar-refractivity contribution in [1.82, 2.24) is 24.3 Å². The number of aliphatic hydroxyl groups is 1. The molecule has 0 amide bonds. The zero-order valence-electron chi connectivity index (χ0n) is 22.9. The van der Waals surface area contributed by atoms with Crippen molar-refractivity contribution in [3.63, 3.8) is 0 Å². The third-order valence-electron chi connectivity index (χ3n) is 6.72. The maximum absolute atomic E-state index is 14.2. The predicted octanol–water partition coefficient (Wildman–Crippen LogP) is 4.77. The van der Waals surface area contributed by atoms with Gasteiger partial charge in [-0.2, -0.15) is 5.10 Å². The van der Waals surface area contributed by atoms with Gasteiger partial charge in [0.05, 0.1) is 23.0 Å². The molecule has 0 saturated heterocycles. The first-order valence-electron chi connectivity index (χ1n) is 13.2. The molecular formula is C31H32N6O2. The number of pyridine rings is 1. The minimum atomic E-state index is -0.807. The molecule has 0 radical (unpaired) electrons. The molecule has 0 aliphatic carbocycles. The molecule has 8 heteroatoms. The van der Waals surface area contributed by atoms with E-state index in [1.807, 2.05) is 54.8 Å². The van der Waals surface area contributed by atoms with Gasteiger partial charge in [-0.3, -0.25) is 9.36 Å². The Kier molecular flexibility index (Phi) is 7.18. The highest BCUT2D eigenvalue weighted by atomic mass is 16.3. The second-order valence-electron chi connectivity index (χ2n) is 9.93. The summed E-state index contributed by atoms with van der Waals surface area (Å²) >= 11 is 0. The number of benzene rings is 2. The van der Waals surface area contributed by atoms with E-state index in [9.17, 15) is 9.90 Å². The molecule has 5 rings (SSSR count).